The number of imide groups is 2. The highest BCUT2D eigenvalue weighted by molar-refractivity contribution is 6.39. The van der Waals surface area contributed by atoms with E-state index < -0.39 is 23.8 Å². The van der Waals surface area contributed by atoms with Crippen molar-refractivity contribution < 1.29 is 33.8 Å². The van der Waals surface area contributed by atoms with E-state index in [0.29, 0.717) is 30.3 Å². The predicted octanol–water partition coefficient (Wildman–Crippen LogP) is 5.18. The molecule has 0 aliphatic carbocycles. The van der Waals surface area contributed by atoms with Crippen molar-refractivity contribution in [2.75, 3.05) is 11.5 Å². The summed E-state index contributed by atoms with van der Waals surface area (Å²) in [6.07, 6.45) is 1.36. The lowest BCUT2D eigenvalue weighted by Crippen LogP contribution is -2.54. The van der Waals surface area contributed by atoms with E-state index in [2.05, 4.69) is 5.32 Å². The van der Waals surface area contributed by atoms with Crippen LogP contribution < -0.4 is 19.7 Å². The zero-order valence-electron chi connectivity index (χ0n) is 21.4. The zero-order chi connectivity index (χ0) is 28.2. The molecule has 4 aromatic rings. The second kappa shape index (κ2) is 11.1. The van der Waals surface area contributed by atoms with Gasteiger partial charge in [-0.3, -0.25) is 14.9 Å². The number of fused-ring (bicyclic) bond motifs is 1. The van der Waals surface area contributed by atoms with E-state index in [1.165, 1.54) is 30.3 Å². The number of anilines is 1. The number of carboxylic acid groups (broad SMARTS) is 1. The van der Waals surface area contributed by atoms with E-state index in [9.17, 15) is 19.2 Å². The molecule has 0 radical (unpaired) electrons. The van der Waals surface area contributed by atoms with E-state index in [4.69, 9.17) is 14.6 Å². The number of aromatic carboxylic acids is 1. The molecule has 0 spiro atoms. The Kier molecular flexibility index (Phi) is 7.28. The average Bonchev–Trinajstić information content (AvgIpc) is 2.95. The summed E-state index contributed by atoms with van der Waals surface area (Å²) >= 11 is 0. The molecule has 0 bridgehead atoms. The molecule has 1 aliphatic heterocycles. The van der Waals surface area contributed by atoms with Gasteiger partial charge in [0.15, 0.2) is 11.5 Å². The van der Waals surface area contributed by atoms with Gasteiger partial charge < -0.3 is 14.6 Å². The van der Waals surface area contributed by atoms with Crippen molar-refractivity contribution in [3.63, 3.8) is 0 Å². The number of carbonyl (C=O) groups excluding carboxylic acids is 3. The van der Waals surface area contributed by atoms with Crippen molar-refractivity contribution in [2.45, 2.75) is 13.5 Å². The molecule has 4 amide bonds. The summed E-state index contributed by atoms with van der Waals surface area (Å²) < 4.78 is 11.9. The van der Waals surface area contributed by atoms with Crippen molar-refractivity contribution in [2.24, 2.45) is 0 Å². The molecule has 5 rings (SSSR count). The Labute approximate surface area is 229 Å². The van der Waals surface area contributed by atoms with Gasteiger partial charge in [0.05, 0.1) is 17.9 Å². The summed E-state index contributed by atoms with van der Waals surface area (Å²) in [5.74, 6) is -1.91. The Morgan fingerprint density at radius 1 is 0.900 bits per heavy atom. The first-order valence-corrected chi connectivity index (χ1v) is 12.5. The first kappa shape index (κ1) is 26.2. The molecule has 40 heavy (non-hydrogen) atoms. The highest BCUT2D eigenvalue weighted by Gasteiger charge is 2.36. The van der Waals surface area contributed by atoms with Gasteiger partial charge in [0.2, 0.25) is 0 Å². The molecule has 9 nitrogen and oxygen atoms in total. The molecule has 1 heterocycles. The lowest BCUT2D eigenvalue weighted by Gasteiger charge is -2.26. The van der Waals surface area contributed by atoms with E-state index in [-0.39, 0.29) is 16.8 Å². The van der Waals surface area contributed by atoms with Crippen LogP contribution in [0, 0.1) is 0 Å². The molecule has 4 aromatic carbocycles. The summed E-state index contributed by atoms with van der Waals surface area (Å²) in [5.41, 5.74) is 1.34. The molecular formula is C31H24N2O7. The van der Waals surface area contributed by atoms with Crippen LogP contribution in [-0.4, -0.2) is 35.5 Å². The fraction of sp³-hybridized carbons (Fsp3) is 0.0968. The molecular weight excluding hydrogens is 512 g/mol. The van der Waals surface area contributed by atoms with Crippen LogP contribution in [0.1, 0.15) is 28.4 Å². The molecule has 0 atom stereocenters. The maximum Gasteiger partial charge on any atom is 0.335 e. The quantitative estimate of drug-likeness (QED) is 0.235. The van der Waals surface area contributed by atoms with Gasteiger partial charge in [-0.15, -0.1) is 0 Å². The van der Waals surface area contributed by atoms with E-state index in [0.717, 1.165) is 21.2 Å². The van der Waals surface area contributed by atoms with Crippen molar-refractivity contribution in [1.82, 2.24) is 5.32 Å². The fourth-order valence-electron chi connectivity index (χ4n) is 4.39. The molecule has 1 fully saturated rings. The van der Waals surface area contributed by atoms with Gasteiger partial charge in [0, 0.05) is 0 Å². The first-order valence-electron chi connectivity index (χ1n) is 12.5. The van der Waals surface area contributed by atoms with Crippen LogP contribution in [0.15, 0.2) is 90.5 Å². The highest BCUT2D eigenvalue weighted by atomic mass is 16.5. The first-order chi connectivity index (χ1) is 19.4. The summed E-state index contributed by atoms with van der Waals surface area (Å²) in [6, 6.07) is 23.3. The van der Waals surface area contributed by atoms with Gasteiger partial charge in [0.1, 0.15) is 12.2 Å². The third kappa shape index (κ3) is 5.25. The lowest BCUT2D eigenvalue weighted by molar-refractivity contribution is -0.122. The number of carboxylic acids is 1. The summed E-state index contributed by atoms with van der Waals surface area (Å²) in [6.45, 7) is 2.50. The van der Waals surface area contributed by atoms with Gasteiger partial charge in [-0.1, -0.05) is 48.5 Å². The SMILES string of the molecule is CCOc1cc(/C=C2\C(=O)NC(=O)N(c3ccc(C(=O)O)cc3)C2=O)ccc1OCc1cccc2ccccc12. The Hall–Kier alpha value is -5.44. The maximum absolute atomic E-state index is 13.2. The number of barbiturate groups is 1. The Balaban J connectivity index is 1.41. The minimum atomic E-state index is -1.15. The zero-order valence-corrected chi connectivity index (χ0v) is 21.4. The van der Waals surface area contributed by atoms with Crippen LogP contribution in [0.5, 0.6) is 11.5 Å². The van der Waals surface area contributed by atoms with Gasteiger partial charge in [-0.25, -0.2) is 14.5 Å². The fourth-order valence-corrected chi connectivity index (χ4v) is 4.39. The minimum Gasteiger partial charge on any atom is -0.490 e. The number of hydrogen-bond donors (Lipinski definition) is 2. The highest BCUT2D eigenvalue weighted by Crippen LogP contribution is 2.32. The third-order valence-corrected chi connectivity index (χ3v) is 6.32. The molecule has 200 valence electrons. The van der Waals surface area contributed by atoms with Crippen molar-refractivity contribution >= 4 is 46.4 Å². The minimum absolute atomic E-state index is 0.00771. The van der Waals surface area contributed by atoms with Gasteiger partial charge >= 0.3 is 12.0 Å². The lowest BCUT2D eigenvalue weighted by atomic mass is 10.1. The number of hydrogen-bond acceptors (Lipinski definition) is 6. The maximum atomic E-state index is 13.2. The summed E-state index contributed by atoms with van der Waals surface area (Å²) in [5, 5.41) is 13.5. The Morgan fingerprint density at radius 2 is 1.65 bits per heavy atom. The normalized spacial score (nSPS) is 14.4. The Bertz CT molecular complexity index is 1670. The van der Waals surface area contributed by atoms with Crippen molar-refractivity contribution in [1.29, 1.82) is 0 Å². The number of rotatable bonds is 8. The molecule has 1 aliphatic rings. The number of ether oxygens (including phenoxy) is 2. The Morgan fingerprint density at radius 3 is 2.40 bits per heavy atom. The van der Waals surface area contributed by atoms with Crippen LogP contribution in [0.4, 0.5) is 10.5 Å². The molecule has 0 aromatic heterocycles. The third-order valence-electron chi connectivity index (χ3n) is 6.32. The monoisotopic (exact) mass is 536 g/mol. The van der Waals surface area contributed by atoms with Gasteiger partial charge in [-0.2, -0.15) is 0 Å². The number of nitrogens with zero attached hydrogens (tertiary/aromatic N) is 1. The van der Waals surface area contributed by atoms with Crippen molar-refractivity contribution in [3.05, 3.63) is 107 Å². The second-order valence-corrected chi connectivity index (χ2v) is 8.88. The van der Waals surface area contributed by atoms with Crippen molar-refractivity contribution in [3.8, 4) is 11.5 Å². The number of carbonyl (C=O) groups is 4. The molecule has 1 saturated heterocycles. The number of urea groups is 1. The summed E-state index contributed by atoms with van der Waals surface area (Å²) in [7, 11) is 0. The van der Waals surface area contributed by atoms with Crippen LogP contribution in [0.3, 0.4) is 0 Å². The molecule has 2 N–H and O–H groups in total. The topological polar surface area (TPSA) is 122 Å². The average molecular weight is 537 g/mol. The van der Waals surface area contributed by atoms with Gasteiger partial charge in [0.25, 0.3) is 11.8 Å². The second-order valence-electron chi connectivity index (χ2n) is 8.88. The van der Waals surface area contributed by atoms with Crippen LogP contribution in [-0.2, 0) is 16.2 Å². The smallest absolute Gasteiger partial charge is 0.335 e. The van der Waals surface area contributed by atoms with E-state index >= 15 is 0 Å². The van der Waals surface area contributed by atoms with Gasteiger partial charge in [-0.05, 0) is 71.3 Å². The number of benzene rings is 4. The predicted molar refractivity (Wildman–Crippen MR) is 148 cm³/mol. The number of amides is 4. The largest absolute Gasteiger partial charge is 0.490 e. The number of nitrogens with one attached hydrogen (secondary N) is 1. The van der Waals surface area contributed by atoms with Crippen LogP contribution >= 0.6 is 0 Å². The molecule has 9 heteroatoms. The van der Waals surface area contributed by atoms with E-state index in [1.807, 2.05) is 49.4 Å². The van der Waals surface area contributed by atoms with Crippen LogP contribution in [0.2, 0.25) is 0 Å². The summed E-state index contributed by atoms with van der Waals surface area (Å²) in [4.78, 5) is 50.2. The van der Waals surface area contributed by atoms with Crippen LogP contribution in [0.25, 0.3) is 16.8 Å². The standard InChI is InChI=1S/C31H24N2O7/c1-2-39-27-17-19(10-15-26(27)40-18-22-8-5-7-20-6-3-4-9-24(20)22)16-25-28(34)32-31(38)33(29(25)35)23-13-11-21(12-14-23)30(36)37/h3-17H,2,18H2,1H3,(H,36,37)(H,32,34,38)/b25-16+. The molecule has 0 unspecified atom stereocenters. The molecule has 0 saturated carbocycles. The van der Waals surface area contributed by atoms with E-state index in [1.54, 1.807) is 18.2 Å².